The van der Waals surface area contributed by atoms with Crippen molar-refractivity contribution >= 4 is 0 Å². The van der Waals surface area contributed by atoms with Crippen molar-refractivity contribution in [2.24, 2.45) is 44.8 Å². The molecule has 37 heavy (non-hydrogen) atoms. The summed E-state index contributed by atoms with van der Waals surface area (Å²) in [6.07, 6.45) is 15.2. The quantitative estimate of drug-likeness (QED) is 0.477. The zero-order valence-corrected chi connectivity index (χ0v) is 24.1. The first-order valence-corrected chi connectivity index (χ1v) is 15.5. The van der Waals surface area contributed by atoms with Crippen LogP contribution in [0, 0.1) is 44.8 Å². The molecule has 4 heteroatoms. The van der Waals surface area contributed by atoms with E-state index in [0.717, 1.165) is 38.8 Å². The van der Waals surface area contributed by atoms with Gasteiger partial charge in [-0.15, -0.1) is 6.58 Å². The van der Waals surface area contributed by atoms with Gasteiger partial charge in [0.25, 0.3) is 0 Å². The second kappa shape index (κ2) is 7.53. The number of piperidine rings is 1. The molecule has 2 heterocycles. The zero-order chi connectivity index (χ0) is 26.2. The van der Waals surface area contributed by atoms with Gasteiger partial charge in [-0.25, -0.2) is 0 Å². The summed E-state index contributed by atoms with van der Waals surface area (Å²) in [7, 11) is 0. The van der Waals surface area contributed by atoms with Gasteiger partial charge in [0.05, 0.1) is 24.4 Å². The van der Waals surface area contributed by atoms with Crippen LogP contribution in [0.5, 0.6) is 0 Å². The number of hydrogen-bond acceptors (Lipinski definition) is 4. The SMILES string of the molecule is C=C[C@@]12CCC3=C[C@@H](O)CC[C@]3(C)[C@@]1(C)CC13CC1(C)[C@]1(CC[C@H]32)O[C@@H]2C[C@H](C)CN(CCO)[C@H]2[C@H]1C. The summed E-state index contributed by atoms with van der Waals surface area (Å²) in [5.41, 5.74) is 2.51. The number of nitrogens with zero attached hydrogens (tertiary/aromatic N) is 1. The average molecular weight is 510 g/mol. The lowest BCUT2D eigenvalue weighted by molar-refractivity contribution is -0.151. The molecule has 4 saturated carbocycles. The van der Waals surface area contributed by atoms with Gasteiger partial charge in [0.1, 0.15) is 0 Å². The lowest BCUT2D eigenvalue weighted by atomic mass is 9.42. The maximum absolute atomic E-state index is 10.5. The number of ether oxygens (including phenoxy) is 1. The van der Waals surface area contributed by atoms with Gasteiger partial charge in [-0.05, 0) is 91.3 Å². The van der Waals surface area contributed by atoms with Crippen LogP contribution in [0.4, 0.5) is 0 Å². The highest BCUT2D eigenvalue weighted by molar-refractivity contribution is 5.42. The highest BCUT2D eigenvalue weighted by Crippen LogP contribution is 2.92. The minimum Gasteiger partial charge on any atom is -0.395 e. The molecule has 2 N–H and O–H groups in total. The van der Waals surface area contributed by atoms with E-state index in [1.165, 1.54) is 37.7 Å². The molecule has 0 aromatic rings. The molecule has 0 radical (unpaired) electrons. The Balaban J connectivity index is 1.30. The highest BCUT2D eigenvalue weighted by Gasteiger charge is 2.88. The Morgan fingerprint density at radius 1 is 1.11 bits per heavy atom. The minimum atomic E-state index is -0.264. The fourth-order valence-corrected chi connectivity index (χ4v) is 13.0. The summed E-state index contributed by atoms with van der Waals surface area (Å²) in [5.74, 6) is 1.80. The summed E-state index contributed by atoms with van der Waals surface area (Å²) in [5, 5.41) is 20.4. The van der Waals surface area contributed by atoms with Crippen molar-refractivity contribution in [3.63, 3.8) is 0 Å². The number of fused-ring (bicyclic) bond motifs is 6. The lowest BCUT2D eigenvalue weighted by Crippen LogP contribution is -2.56. The van der Waals surface area contributed by atoms with Gasteiger partial charge < -0.3 is 14.9 Å². The maximum Gasteiger partial charge on any atom is 0.0787 e. The third-order valence-corrected chi connectivity index (χ3v) is 14.8. The fourth-order valence-electron chi connectivity index (χ4n) is 13.0. The van der Waals surface area contributed by atoms with E-state index in [9.17, 15) is 10.2 Å². The van der Waals surface area contributed by atoms with E-state index in [2.05, 4.69) is 58.2 Å². The van der Waals surface area contributed by atoms with E-state index in [0.29, 0.717) is 35.3 Å². The van der Waals surface area contributed by atoms with Gasteiger partial charge in [0.2, 0.25) is 0 Å². The van der Waals surface area contributed by atoms with Crippen LogP contribution in [0.25, 0.3) is 0 Å². The van der Waals surface area contributed by atoms with Crippen molar-refractivity contribution < 1.29 is 14.9 Å². The van der Waals surface area contributed by atoms with Crippen molar-refractivity contribution in [3.05, 3.63) is 24.3 Å². The normalized spacial score (nSPS) is 60.1. The molecular formula is C33H51NO3. The third-order valence-electron chi connectivity index (χ3n) is 14.8. The van der Waals surface area contributed by atoms with Crippen molar-refractivity contribution in [2.45, 2.75) is 116 Å². The van der Waals surface area contributed by atoms with Crippen molar-refractivity contribution in [1.29, 1.82) is 0 Å². The monoisotopic (exact) mass is 509 g/mol. The number of likely N-dealkylation sites (tertiary alicyclic amines) is 1. The van der Waals surface area contributed by atoms with Crippen molar-refractivity contribution in [2.75, 3.05) is 19.7 Å². The van der Waals surface area contributed by atoms with E-state index < -0.39 is 0 Å². The van der Waals surface area contributed by atoms with E-state index >= 15 is 0 Å². The molecule has 206 valence electrons. The predicted molar refractivity (Wildman–Crippen MR) is 147 cm³/mol. The molecule has 7 aliphatic rings. The van der Waals surface area contributed by atoms with Gasteiger partial charge in [0.15, 0.2) is 0 Å². The van der Waals surface area contributed by atoms with Crippen LogP contribution < -0.4 is 0 Å². The van der Waals surface area contributed by atoms with Gasteiger partial charge in [-0.1, -0.05) is 52.3 Å². The summed E-state index contributed by atoms with van der Waals surface area (Å²) < 4.78 is 7.42. The largest absolute Gasteiger partial charge is 0.395 e. The molecule has 7 rings (SSSR count). The molecule has 5 aliphatic carbocycles. The van der Waals surface area contributed by atoms with Gasteiger partial charge >= 0.3 is 0 Å². The fraction of sp³-hybridized carbons (Fsp3) is 0.879. The predicted octanol–water partition coefficient (Wildman–Crippen LogP) is 5.73. The topological polar surface area (TPSA) is 52.9 Å². The number of rotatable bonds is 3. The van der Waals surface area contributed by atoms with Crippen LogP contribution >= 0.6 is 0 Å². The van der Waals surface area contributed by atoms with Crippen LogP contribution in [0.3, 0.4) is 0 Å². The number of allylic oxidation sites excluding steroid dienone is 2. The molecule has 12 atom stereocenters. The highest BCUT2D eigenvalue weighted by atomic mass is 16.5. The number of aliphatic hydroxyl groups is 2. The number of β-amino-alcohol motifs (C(OH)–C–C–N with tert-alkyl or cyclic N) is 1. The van der Waals surface area contributed by atoms with Crippen LogP contribution in [-0.2, 0) is 4.74 Å². The first kappa shape index (κ1) is 25.3. The molecule has 0 aromatic heterocycles. The Kier molecular flexibility index (Phi) is 5.15. The number of aliphatic hydroxyl groups excluding tert-OH is 2. The molecular weight excluding hydrogens is 458 g/mol. The lowest BCUT2D eigenvalue weighted by Gasteiger charge is -2.62. The molecule has 4 nitrogen and oxygen atoms in total. The summed E-state index contributed by atoms with van der Waals surface area (Å²) in [6, 6.07) is 0.439. The summed E-state index contributed by atoms with van der Waals surface area (Å²) >= 11 is 0. The molecule has 2 unspecified atom stereocenters. The summed E-state index contributed by atoms with van der Waals surface area (Å²) in [6.45, 7) is 19.3. The average Bonchev–Trinajstić information content (AvgIpc) is 3.26. The smallest absolute Gasteiger partial charge is 0.0787 e. The Labute approximate surface area is 224 Å². The van der Waals surface area contributed by atoms with Gasteiger partial charge in [-0.3, -0.25) is 4.90 Å². The standard InChI is InChI=1S/C33H51NO3/c1-7-31-12-8-23-17-24(36)9-11-28(23,4)29(31,5)19-32-20-30(32,6)33(13-10-26(31)32)22(3)27-25(37-33)16-21(2)18-34(27)14-15-35/h7,17,21-22,24-27,35-36H,1,8-16,18-20H2,2-6H3/t21-,22+,24-,25+,26-,27-,28-,29+,30?,31-,32?,33+/m0/s1. The molecule has 6 fully saturated rings. The van der Waals surface area contributed by atoms with E-state index in [4.69, 9.17) is 4.74 Å². The summed E-state index contributed by atoms with van der Waals surface area (Å²) in [4.78, 5) is 2.58. The Hall–Kier alpha value is -0.680. The Morgan fingerprint density at radius 2 is 1.86 bits per heavy atom. The Bertz CT molecular complexity index is 1040. The van der Waals surface area contributed by atoms with Gasteiger partial charge in [0, 0.05) is 30.5 Å². The van der Waals surface area contributed by atoms with Gasteiger partial charge in [-0.2, -0.15) is 0 Å². The first-order chi connectivity index (χ1) is 17.5. The molecule has 2 saturated heterocycles. The molecule has 0 aromatic carbocycles. The third kappa shape index (κ3) is 2.62. The second-order valence-electron chi connectivity index (χ2n) is 15.5. The molecule has 2 spiro atoms. The zero-order valence-electron chi connectivity index (χ0n) is 24.1. The first-order valence-electron chi connectivity index (χ1n) is 15.5. The Morgan fingerprint density at radius 3 is 2.59 bits per heavy atom. The van der Waals surface area contributed by atoms with Crippen LogP contribution in [0.15, 0.2) is 24.3 Å². The molecule has 0 amide bonds. The molecule has 0 bridgehead atoms. The minimum absolute atomic E-state index is 0.0505. The van der Waals surface area contributed by atoms with E-state index in [-0.39, 0.29) is 40.0 Å². The van der Waals surface area contributed by atoms with Crippen LogP contribution in [0.2, 0.25) is 0 Å². The second-order valence-corrected chi connectivity index (χ2v) is 15.5. The number of hydrogen-bond donors (Lipinski definition) is 2. The van der Waals surface area contributed by atoms with Crippen molar-refractivity contribution in [1.82, 2.24) is 4.90 Å². The van der Waals surface area contributed by atoms with Crippen LogP contribution in [-0.4, -0.2) is 58.7 Å². The van der Waals surface area contributed by atoms with Crippen LogP contribution in [0.1, 0.15) is 92.4 Å². The molecule has 2 aliphatic heterocycles. The van der Waals surface area contributed by atoms with E-state index in [1.807, 2.05) is 0 Å². The maximum atomic E-state index is 10.5. The van der Waals surface area contributed by atoms with E-state index in [1.54, 1.807) is 0 Å². The van der Waals surface area contributed by atoms with Crippen molar-refractivity contribution in [3.8, 4) is 0 Å².